The quantitative estimate of drug-likeness (QED) is 0.433. The maximum Gasteiger partial charge on any atom is 0.0155 e. The maximum absolute atomic E-state index is 6.46. The van der Waals surface area contributed by atoms with Crippen LogP contribution in [-0.4, -0.2) is 12.3 Å². The molecule has 4 aliphatic rings. The van der Waals surface area contributed by atoms with Crippen LogP contribution in [-0.2, 0) is 23.6 Å². The number of fused-ring (bicyclic) bond motifs is 4. The van der Waals surface area contributed by atoms with E-state index in [1.165, 1.54) is 23.0 Å². The molecule has 0 radical (unpaired) electrons. The van der Waals surface area contributed by atoms with Crippen molar-refractivity contribution >= 4 is 35.7 Å². The summed E-state index contributed by atoms with van der Waals surface area (Å²) in [5.41, 5.74) is 6.64. The summed E-state index contributed by atoms with van der Waals surface area (Å²) >= 11 is 12.9. The predicted octanol–water partition coefficient (Wildman–Crippen LogP) is 7.15. The molecule has 0 saturated carbocycles. The van der Waals surface area contributed by atoms with Crippen LogP contribution >= 0.6 is 12.1 Å². The lowest BCUT2D eigenvalue weighted by Crippen LogP contribution is -2.19. The molecule has 0 spiro atoms. The minimum atomic E-state index is -1.62. The summed E-state index contributed by atoms with van der Waals surface area (Å²) in [4.78, 5) is 0. The molecule has 130 valence electrons. The molecule has 0 amide bonds. The summed E-state index contributed by atoms with van der Waals surface area (Å²) in [6, 6.07) is -3.24. The topological polar surface area (TPSA) is 0 Å². The number of hydrogen-bond donors (Lipinski definition) is 0. The predicted molar refractivity (Wildman–Crippen MR) is 117 cm³/mol. The van der Waals surface area contributed by atoms with Crippen LogP contribution in [0.25, 0.3) is 0 Å². The summed E-state index contributed by atoms with van der Waals surface area (Å²) in [6.45, 7) is 18.9. The highest BCUT2D eigenvalue weighted by Gasteiger charge is 2.59. The zero-order chi connectivity index (χ0) is 18.0. The van der Waals surface area contributed by atoms with E-state index in [2.05, 4.69) is 55.4 Å². The van der Waals surface area contributed by atoms with E-state index in [9.17, 15) is 0 Å². The van der Waals surface area contributed by atoms with E-state index in [0.717, 1.165) is 0 Å². The highest BCUT2D eigenvalue weighted by Crippen LogP contribution is 2.88. The molecule has 2 unspecified atom stereocenters. The van der Waals surface area contributed by atoms with Gasteiger partial charge in [0.15, 0.2) is 0 Å². The van der Waals surface area contributed by atoms with Crippen LogP contribution in [0.1, 0.15) is 55.4 Å². The fraction of sp³-hybridized carbons (Fsp3) is 0.600. The van der Waals surface area contributed by atoms with Crippen LogP contribution in [0.4, 0.5) is 0 Å². The Balaban J connectivity index is 2.05. The molecule has 0 aromatic carbocycles. The van der Waals surface area contributed by atoms with E-state index < -0.39 is 12.1 Å². The standard InChI is InChI=1S/C20H28P2S2/c1-11-15(5)21(23)9-19(11,7)13(3)17(21)18-14(4)20(8)10-22(18,24)16(6)12(20)2/h9-10H2,1-8H3/t19-,20-,21?,22?/m1/s1. The van der Waals surface area contributed by atoms with Crippen molar-refractivity contribution in [2.24, 2.45) is 10.8 Å². The zero-order valence-corrected chi connectivity index (χ0v) is 19.5. The summed E-state index contributed by atoms with van der Waals surface area (Å²) < 4.78 is 0. The molecule has 0 fully saturated rings. The first-order chi connectivity index (χ1) is 10.9. The second-order valence-electron chi connectivity index (χ2n) is 8.83. The van der Waals surface area contributed by atoms with Crippen molar-refractivity contribution in [3.05, 3.63) is 43.5 Å². The van der Waals surface area contributed by atoms with Gasteiger partial charge in [-0.3, -0.25) is 0 Å². The molecule has 0 nitrogen and oxygen atoms in total. The molecule has 0 aromatic rings. The summed E-state index contributed by atoms with van der Waals surface area (Å²) in [7, 11) is 0. The highest BCUT2D eigenvalue weighted by molar-refractivity contribution is 8.22. The lowest BCUT2D eigenvalue weighted by Gasteiger charge is -2.34. The van der Waals surface area contributed by atoms with E-state index in [1.807, 2.05) is 0 Å². The SMILES string of the molecule is CC1=C(C)P2(=S)C[C@@]1(C)C(C)=C2C1=C(C)[C@]2(C)CP1(=S)C(C)=C2C. The Kier molecular flexibility index (Phi) is 3.36. The molecule has 4 heterocycles. The van der Waals surface area contributed by atoms with Gasteiger partial charge in [-0.1, -0.05) is 59.8 Å². The maximum atomic E-state index is 6.46. The highest BCUT2D eigenvalue weighted by atomic mass is 32.4. The summed E-state index contributed by atoms with van der Waals surface area (Å²) in [6.07, 6.45) is 2.36. The third-order valence-electron chi connectivity index (χ3n) is 8.21. The summed E-state index contributed by atoms with van der Waals surface area (Å²) in [5.74, 6) is 0. The molecular weight excluding hydrogens is 366 g/mol. The van der Waals surface area contributed by atoms with Crippen LogP contribution in [0.5, 0.6) is 0 Å². The third kappa shape index (κ3) is 1.56. The molecule has 4 aliphatic heterocycles. The Bertz CT molecular complexity index is 878. The van der Waals surface area contributed by atoms with Gasteiger partial charge >= 0.3 is 0 Å². The minimum absolute atomic E-state index is 0.202. The zero-order valence-electron chi connectivity index (χ0n) is 16.1. The Morgan fingerprint density at radius 3 is 1.17 bits per heavy atom. The average Bonchev–Trinajstić information content (AvgIpc) is 2.98. The van der Waals surface area contributed by atoms with E-state index in [1.54, 1.807) is 32.9 Å². The lowest BCUT2D eigenvalue weighted by atomic mass is 9.76. The van der Waals surface area contributed by atoms with Crippen LogP contribution in [0.3, 0.4) is 0 Å². The van der Waals surface area contributed by atoms with Crippen molar-refractivity contribution in [2.45, 2.75) is 55.4 Å². The van der Waals surface area contributed by atoms with Gasteiger partial charge in [-0.2, -0.15) is 0 Å². The van der Waals surface area contributed by atoms with E-state index in [-0.39, 0.29) is 10.8 Å². The molecule has 4 atom stereocenters. The number of rotatable bonds is 1. The molecule has 4 bridgehead atoms. The van der Waals surface area contributed by atoms with Gasteiger partial charge in [0.1, 0.15) is 0 Å². The average molecular weight is 395 g/mol. The van der Waals surface area contributed by atoms with E-state index in [4.69, 9.17) is 23.6 Å². The van der Waals surface area contributed by atoms with Crippen LogP contribution in [0.15, 0.2) is 43.5 Å². The fourth-order valence-corrected chi connectivity index (χ4v) is 19.3. The first-order valence-corrected chi connectivity index (χ1v) is 14.8. The third-order valence-corrected chi connectivity index (χ3v) is 19.5. The minimum Gasteiger partial charge on any atom is -0.0879 e. The Hall–Kier alpha value is 0.260. The van der Waals surface area contributed by atoms with Crippen molar-refractivity contribution in [1.82, 2.24) is 0 Å². The van der Waals surface area contributed by atoms with Gasteiger partial charge in [0.05, 0.1) is 0 Å². The Morgan fingerprint density at radius 1 is 0.625 bits per heavy atom. The van der Waals surface area contributed by atoms with Gasteiger partial charge in [-0.15, -0.1) is 0 Å². The Labute approximate surface area is 157 Å². The van der Waals surface area contributed by atoms with Gasteiger partial charge in [0.2, 0.25) is 0 Å². The van der Waals surface area contributed by atoms with Gasteiger partial charge in [0.25, 0.3) is 0 Å². The van der Waals surface area contributed by atoms with Crippen LogP contribution < -0.4 is 0 Å². The monoisotopic (exact) mass is 394 g/mol. The van der Waals surface area contributed by atoms with Crippen LogP contribution in [0, 0.1) is 10.8 Å². The Morgan fingerprint density at radius 2 is 0.917 bits per heavy atom. The van der Waals surface area contributed by atoms with Gasteiger partial charge < -0.3 is 0 Å². The largest absolute Gasteiger partial charge is 0.0879 e. The van der Waals surface area contributed by atoms with Crippen molar-refractivity contribution in [2.75, 3.05) is 12.3 Å². The lowest BCUT2D eigenvalue weighted by molar-refractivity contribution is 0.557. The van der Waals surface area contributed by atoms with Crippen molar-refractivity contribution in [3.8, 4) is 0 Å². The first-order valence-electron chi connectivity index (χ1n) is 8.85. The van der Waals surface area contributed by atoms with Crippen LogP contribution in [0.2, 0.25) is 0 Å². The molecule has 24 heavy (non-hydrogen) atoms. The molecule has 0 saturated heterocycles. The molecular formula is C20H28P2S2. The fourth-order valence-electron chi connectivity index (χ4n) is 5.76. The van der Waals surface area contributed by atoms with E-state index >= 15 is 0 Å². The van der Waals surface area contributed by atoms with Crippen molar-refractivity contribution in [1.29, 1.82) is 0 Å². The van der Waals surface area contributed by atoms with Gasteiger partial charge in [-0.05, 0) is 75.1 Å². The van der Waals surface area contributed by atoms with Gasteiger partial charge in [0, 0.05) is 22.9 Å². The molecule has 0 aromatic heterocycles. The van der Waals surface area contributed by atoms with Crippen molar-refractivity contribution < 1.29 is 0 Å². The second-order valence-corrected chi connectivity index (χ2v) is 18.4. The molecule has 4 rings (SSSR count). The van der Waals surface area contributed by atoms with E-state index in [0.29, 0.717) is 0 Å². The first kappa shape index (κ1) is 17.7. The molecule has 0 aliphatic carbocycles. The molecule has 4 heteroatoms. The smallest absolute Gasteiger partial charge is 0.0155 e. The van der Waals surface area contributed by atoms with Crippen molar-refractivity contribution in [3.63, 3.8) is 0 Å². The normalized spacial score (nSPS) is 47.2. The second kappa shape index (κ2) is 4.56. The summed E-state index contributed by atoms with van der Waals surface area (Å²) in [5, 5.41) is 6.24. The molecule has 0 N–H and O–H groups in total. The van der Waals surface area contributed by atoms with Gasteiger partial charge in [-0.25, -0.2) is 0 Å². The number of allylic oxidation sites excluding steroid dienone is 8. The number of hydrogen-bond acceptors (Lipinski definition) is 2.